The largest absolute Gasteiger partial charge is 0.478 e. The Morgan fingerprint density at radius 1 is 0.927 bits per heavy atom. The molecule has 0 saturated carbocycles. The summed E-state index contributed by atoms with van der Waals surface area (Å²) in [5, 5.41) is 18.3. The van der Waals surface area contributed by atoms with Crippen molar-refractivity contribution in [1.82, 2.24) is 15.1 Å². The molecular formula is C31H31N5O5. The van der Waals surface area contributed by atoms with Gasteiger partial charge < -0.3 is 30.9 Å². The van der Waals surface area contributed by atoms with Crippen LogP contribution in [0.5, 0.6) is 0 Å². The van der Waals surface area contributed by atoms with E-state index in [1.54, 1.807) is 42.2 Å². The molecule has 5 rings (SSSR count). The molecule has 4 N–H and O–H groups in total. The van der Waals surface area contributed by atoms with Crippen LogP contribution in [0.15, 0.2) is 66.7 Å². The van der Waals surface area contributed by atoms with E-state index in [0.717, 1.165) is 18.7 Å². The molecule has 0 unspecified atom stereocenters. The Kier molecular flexibility index (Phi) is 7.84. The van der Waals surface area contributed by atoms with Crippen molar-refractivity contribution in [1.29, 1.82) is 0 Å². The van der Waals surface area contributed by atoms with Crippen LogP contribution in [0.25, 0.3) is 11.3 Å². The topological polar surface area (TPSA) is 131 Å². The molecule has 0 aliphatic carbocycles. The van der Waals surface area contributed by atoms with Crippen LogP contribution in [0.3, 0.4) is 0 Å². The number of carboxylic acid groups (broad SMARTS) is 1. The van der Waals surface area contributed by atoms with Crippen LogP contribution in [-0.4, -0.2) is 78.4 Å². The lowest BCUT2D eigenvalue weighted by atomic mass is 9.96. The number of piperazine rings is 1. The van der Waals surface area contributed by atoms with Crippen molar-refractivity contribution < 1.29 is 24.3 Å². The second-order valence-corrected chi connectivity index (χ2v) is 10.2. The van der Waals surface area contributed by atoms with Gasteiger partial charge >= 0.3 is 5.97 Å². The first-order valence-electron chi connectivity index (χ1n) is 13.3. The summed E-state index contributed by atoms with van der Waals surface area (Å²) in [5.41, 5.74) is 4.42. The first-order valence-corrected chi connectivity index (χ1v) is 13.3. The Morgan fingerprint density at radius 2 is 1.61 bits per heavy atom. The van der Waals surface area contributed by atoms with Gasteiger partial charge in [-0.1, -0.05) is 30.3 Å². The molecule has 3 aromatic rings. The average molecular weight is 554 g/mol. The Morgan fingerprint density at radius 3 is 2.27 bits per heavy atom. The molecule has 0 bridgehead atoms. The summed E-state index contributed by atoms with van der Waals surface area (Å²) in [7, 11) is 2.01. The SMILES string of the molecule is Cc1cc2c(cc1C(=O)O)NC(=O)C2=C(Nc1ccc(C(=O)NCC(=O)N2CCN(C)CC2)cc1)c1ccccc1. The highest BCUT2D eigenvalue weighted by molar-refractivity contribution is 6.37. The molecular weight excluding hydrogens is 522 g/mol. The zero-order valence-corrected chi connectivity index (χ0v) is 22.9. The fourth-order valence-electron chi connectivity index (χ4n) is 4.96. The molecule has 2 aliphatic heterocycles. The smallest absolute Gasteiger partial charge is 0.336 e. The summed E-state index contributed by atoms with van der Waals surface area (Å²) < 4.78 is 0. The second-order valence-electron chi connectivity index (χ2n) is 10.2. The summed E-state index contributed by atoms with van der Waals surface area (Å²) in [6.45, 7) is 4.55. The number of benzene rings is 3. The van der Waals surface area contributed by atoms with Gasteiger partial charge in [0.05, 0.1) is 29.1 Å². The number of likely N-dealkylation sites (N-methyl/N-ethyl adjacent to an activating group) is 1. The minimum atomic E-state index is -1.06. The van der Waals surface area contributed by atoms with E-state index in [1.807, 2.05) is 37.4 Å². The molecule has 0 atom stereocenters. The summed E-state index contributed by atoms with van der Waals surface area (Å²) in [5.74, 6) is -1.88. The lowest BCUT2D eigenvalue weighted by molar-refractivity contribution is -0.131. The fourth-order valence-corrected chi connectivity index (χ4v) is 4.96. The lowest BCUT2D eigenvalue weighted by Crippen LogP contribution is -2.50. The van der Waals surface area contributed by atoms with Gasteiger partial charge in [0.2, 0.25) is 5.91 Å². The third-order valence-corrected chi connectivity index (χ3v) is 7.32. The van der Waals surface area contributed by atoms with Gasteiger partial charge in [-0.3, -0.25) is 14.4 Å². The molecule has 10 nitrogen and oxygen atoms in total. The molecule has 41 heavy (non-hydrogen) atoms. The number of carbonyl (C=O) groups excluding carboxylic acids is 3. The van der Waals surface area contributed by atoms with Gasteiger partial charge in [0.15, 0.2) is 0 Å². The molecule has 210 valence electrons. The van der Waals surface area contributed by atoms with Crippen LogP contribution in [0.2, 0.25) is 0 Å². The van der Waals surface area contributed by atoms with E-state index in [0.29, 0.717) is 52.4 Å². The van der Waals surface area contributed by atoms with Crippen LogP contribution >= 0.6 is 0 Å². The third-order valence-electron chi connectivity index (χ3n) is 7.32. The van der Waals surface area contributed by atoms with E-state index in [-0.39, 0.29) is 29.8 Å². The number of hydrogen-bond acceptors (Lipinski definition) is 6. The number of nitrogens with one attached hydrogen (secondary N) is 3. The number of aromatic carboxylic acids is 1. The van der Waals surface area contributed by atoms with Crippen LogP contribution in [-0.2, 0) is 9.59 Å². The highest BCUT2D eigenvalue weighted by Gasteiger charge is 2.30. The quantitative estimate of drug-likeness (QED) is 0.331. The monoisotopic (exact) mass is 553 g/mol. The van der Waals surface area contributed by atoms with E-state index in [4.69, 9.17) is 0 Å². The number of fused-ring (bicyclic) bond motifs is 1. The average Bonchev–Trinajstić information content (AvgIpc) is 3.29. The third kappa shape index (κ3) is 5.97. The lowest BCUT2D eigenvalue weighted by Gasteiger charge is -2.32. The first kappa shape index (κ1) is 27.6. The molecule has 10 heteroatoms. The maximum absolute atomic E-state index is 13.2. The summed E-state index contributed by atoms with van der Waals surface area (Å²) in [6, 6.07) is 19.3. The normalized spacial score (nSPS) is 16.0. The summed E-state index contributed by atoms with van der Waals surface area (Å²) in [4.78, 5) is 53.9. The standard InChI is InChI=1S/C31H31N5O5/c1-19-16-24-25(17-23(19)31(40)41)34-30(39)27(24)28(20-6-4-3-5-7-20)33-22-10-8-21(9-11-22)29(38)32-18-26(37)36-14-12-35(2)13-15-36/h3-11,16-17,33H,12-15,18H2,1-2H3,(H,32,38)(H,34,39)(H,40,41). The van der Waals surface area contributed by atoms with Gasteiger partial charge in [-0.05, 0) is 61.5 Å². The Bertz CT molecular complexity index is 1540. The van der Waals surface area contributed by atoms with Crippen molar-refractivity contribution in [3.8, 4) is 0 Å². The van der Waals surface area contributed by atoms with E-state index in [2.05, 4.69) is 20.9 Å². The number of amides is 3. The van der Waals surface area contributed by atoms with Gasteiger partial charge in [0.1, 0.15) is 0 Å². The van der Waals surface area contributed by atoms with Gasteiger partial charge in [-0.15, -0.1) is 0 Å². The molecule has 1 saturated heterocycles. The number of nitrogens with zero attached hydrogens (tertiary/aromatic N) is 2. The molecule has 3 aromatic carbocycles. The van der Waals surface area contributed by atoms with Crippen molar-refractivity contribution in [3.05, 3.63) is 94.5 Å². The van der Waals surface area contributed by atoms with Crippen molar-refractivity contribution in [3.63, 3.8) is 0 Å². The molecule has 0 aromatic heterocycles. The zero-order valence-electron chi connectivity index (χ0n) is 22.9. The number of carboxylic acids is 1. The van der Waals surface area contributed by atoms with Crippen molar-refractivity contribution in [2.75, 3.05) is 50.4 Å². The molecule has 1 fully saturated rings. The maximum Gasteiger partial charge on any atom is 0.336 e. The Labute approximate surface area is 237 Å². The maximum atomic E-state index is 13.2. The molecule has 0 radical (unpaired) electrons. The first-order chi connectivity index (χ1) is 19.7. The summed E-state index contributed by atoms with van der Waals surface area (Å²) in [6.07, 6.45) is 0. The Balaban J connectivity index is 1.37. The summed E-state index contributed by atoms with van der Waals surface area (Å²) >= 11 is 0. The molecule has 2 heterocycles. The highest BCUT2D eigenvalue weighted by atomic mass is 16.4. The van der Waals surface area contributed by atoms with Crippen LogP contribution in [0, 0.1) is 6.92 Å². The van der Waals surface area contributed by atoms with E-state index < -0.39 is 5.97 Å². The number of carbonyl (C=O) groups is 4. The van der Waals surface area contributed by atoms with E-state index >= 15 is 0 Å². The van der Waals surface area contributed by atoms with Gasteiger partial charge in [0, 0.05) is 43.0 Å². The predicted octanol–water partition coefficient (Wildman–Crippen LogP) is 3.13. The Hall–Kier alpha value is -4.96. The second kappa shape index (κ2) is 11.6. The van der Waals surface area contributed by atoms with Crippen molar-refractivity contribution in [2.45, 2.75) is 6.92 Å². The minimum Gasteiger partial charge on any atom is -0.478 e. The highest BCUT2D eigenvalue weighted by Crippen LogP contribution is 2.39. The number of aryl methyl sites for hydroxylation is 1. The van der Waals surface area contributed by atoms with Gasteiger partial charge in [0.25, 0.3) is 11.8 Å². The molecule has 2 aliphatic rings. The minimum absolute atomic E-state index is 0.0651. The number of rotatable bonds is 7. The number of hydrogen-bond donors (Lipinski definition) is 4. The van der Waals surface area contributed by atoms with Crippen LogP contribution in [0.1, 0.15) is 37.4 Å². The molecule has 0 spiro atoms. The van der Waals surface area contributed by atoms with Crippen LogP contribution < -0.4 is 16.0 Å². The van der Waals surface area contributed by atoms with Gasteiger partial charge in [-0.25, -0.2) is 4.79 Å². The van der Waals surface area contributed by atoms with E-state index in [9.17, 15) is 24.3 Å². The van der Waals surface area contributed by atoms with Gasteiger partial charge in [-0.2, -0.15) is 0 Å². The predicted molar refractivity (Wildman–Crippen MR) is 156 cm³/mol. The fraction of sp³-hybridized carbons (Fsp3) is 0.226. The molecule has 3 amide bonds. The van der Waals surface area contributed by atoms with Crippen molar-refractivity contribution in [2.24, 2.45) is 0 Å². The number of anilines is 2. The van der Waals surface area contributed by atoms with E-state index in [1.165, 1.54) is 6.07 Å². The van der Waals surface area contributed by atoms with Crippen molar-refractivity contribution >= 4 is 46.3 Å². The zero-order chi connectivity index (χ0) is 29.1. The van der Waals surface area contributed by atoms with Crippen LogP contribution in [0.4, 0.5) is 11.4 Å².